The van der Waals surface area contributed by atoms with Crippen molar-refractivity contribution in [2.24, 2.45) is 4.99 Å². The number of rotatable bonds is 1. The lowest BCUT2D eigenvalue weighted by atomic mass is 10.0. The molecule has 0 amide bonds. The smallest absolute Gasteiger partial charge is 0.158 e. The average Bonchev–Trinajstić information content (AvgIpc) is 2.72. The van der Waals surface area contributed by atoms with Gasteiger partial charge in [-0.15, -0.1) is 0 Å². The van der Waals surface area contributed by atoms with Crippen LogP contribution in [-0.2, 0) is 0 Å². The van der Waals surface area contributed by atoms with Crippen molar-refractivity contribution in [3.05, 3.63) is 84.2 Å². The maximum Gasteiger partial charge on any atom is 0.158 e. The van der Waals surface area contributed by atoms with Crippen LogP contribution in [-0.4, -0.2) is 15.8 Å². The summed E-state index contributed by atoms with van der Waals surface area (Å²) in [5.41, 5.74) is 5.44. The topological polar surface area (TPSA) is 50.2 Å². The van der Waals surface area contributed by atoms with E-state index >= 15 is 0 Å². The molecule has 0 aliphatic carbocycles. The minimum absolute atomic E-state index is 0.742. The van der Waals surface area contributed by atoms with E-state index in [2.05, 4.69) is 53.8 Å². The molecule has 6 rings (SSSR count). The molecule has 0 radical (unpaired) electrons. The molecule has 5 aromatic rings. The first-order valence-corrected chi connectivity index (χ1v) is 9.31. The highest BCUT2D eigenvalue weighted by Crippen LogP contribution is 2.36. The van der Waals surface area contributed by atoms with Gasteiger partial charge in [-0.05, 0) is 47.3 Å². The van der Waals surface area contributed by atoms with E-state index in [9.17, 15) is 0 Å². The van der Waals surface area contributed by atoms with Crippen LogP contribution in [0.15, 0.2) is 77.8 Å². The van der Waals surface area contributed by atoms with Crippen LogP contribution >= 0.6 is 0 Å². The van der Waals surface area contributed by atoms with Crippen LogP contribution in [0.1, 0.15) is 11.4 Å². The molecule has 28 heavy (non-hydrogen) atoms. The normalized spacial score (nSPS) is 13.0. The number of hydrogen-bond donors (Lipinski definition) is 1. The standard InChI is InChI=1S/C24H16N4/c1-14-23(26-21-13-17-7-3-2-6-16(17)12-20(21)25-14)24-27-18-10-4-8-15-9-5-11-19(28-24)22(15)18/h2-13H,1H3,(H,27,28). The average molecular weight is 360 g/mol. The Bertz CT molecular complexity index is 1440. The minimum Gasteiger partial charge on any atom is -0.338 e. The third kappa shape index (κ3) is 2.21. The van der Waals surface area contributed by atoms with Crippen molar-refractivity contribution >= 4 is 49.8 Å². The Balaban J connectivity index is 1.58. The summed E-state index contributed by atoms with van der Waals surface area (Å²) in [7, 11) is 0. The molecule has 0 fully saturated rings. The zero-order valence-corrected chi connectivity index (χ0v) is 15.3. The van der Waals surface area contributed by atoms with Gasteiger partial charge in [0.05, 0.1) is 22.4 Å². The fraction of sp³-hybridized carbons (Fsp3) is 0.0417. The molecule has 1 aromatic heterocycles. The molecule has 4 nitrogen and oxygen atoms in total. The van der Waals surface area contributed by atoms with Gasteiger partial charge >= 0.3 is 0 Å². The Kier molecular flexibility index (Phi) is 3.06. The maximum atomic E-state index is 4.93. The summed E-state index contributed by atoms with van der Waals surface area (Å²) in [4.78, 5) is 14.6. The first-order valence-electron chi connectivity index (χ1n) is 9.31. The summed E-state index contributed by atoms with van der Waals surface area (Å²) in [5, 5.41) is 8.12. The zero-order valence-electron chi connectivity index (χ0n) is 15.3. The third-order valence-corrected chi connectivity index (χ3v) is 5.30. The van der Waals surface area contributed by atoms with Crippen molar-refractivity contribution in [3.8, 4) is 0 Å². The molecule has 0 unspecified atom stereocenters. The fourth-order valence-electron chi connectivity index (χ4n) is 3.96. The Labute approximate surface area is 161 Å². The van der Waals surface area contributed by atoms with Crippen LogP contribution in [0.5, 0.6) is 0 Å². The fourth-order valence-corrected chi connectivity index (χ4v) is 3.96. The molecule has 4 aromatic carbocycles. The lowest BCUT2D eigenvalue weighted by Gasteiger charge is -2.19. The second-order valence-corrected chi connectivity index (χ2v) is 7.11. The Morgan fingerprint density at radius 1 is 0.714 bits per heavy atom. The van der Waals surface area contributed by atoms with E-state index in [0.717, 1.165) is 50.4 Å². The summed E-state index contributed by atoms with van der Waals surface area (Å²) in [6.07, 6.45) is 0. The summed E-state index contributed by atoms with van der Waals surface area (Å²) in [6.45, 7) is 1.99. The second kappa shape index (κ2) is 5.60. The number of anilines is 1. The predicted octanol–water partition coefficient (Wildman–Crippen LogP) is 5.75. The second-order valence-electron chi connectivity index (χ2n) is 7.11. The Morgan fingerprint density at radius 2 is 1.39 bits per heavy atom. The van der Waals surface area contributed by atoms with E-state index in [1.54, 1.807) is 0 Å². The van der Waals surface area contributed by atoms with E-state index in [4.69, 9.17) is 15.0 Å². The number of aryl methyl sites for hydroxylation is 1. The first kappa shape index (κ1) is 15.3. The lowest BCUT2D eigenvalue weighted by molar-refractivity contribution is 1.16. The van der Waals surface area contributed by atoms with Gasteiger partial charge in [0.2, 0.25) is 0 Å². The number of benzene rings is 4. The van der Waals surface area contributed by atoms with Gasteiger partial charge in [-0.25, -0.2) is 15.0 Å². The number of nitrogens with one attached hydrogen (secondary N) is 1. The van der Waals surface area contributed by atoms with Crippen molar-refractivity contribution in [1.82, 2.24) is 9.97 Å². The maximum absolute atomic E-state index is 4.93. The van der Waals surface area contributed by atoms with Gasteiger partial charge in [0.1, 0.15) is 5.69 Å². The van der Waals surface area contributed by atoms with Crippen molar-refractivity contribution in [3.63, 3.8) is 0 Å². The minimum atomic E-state index is 0.742. The van der Waals surface area contributed by atoms with Crippen LogP contribution in [0.2, 0.25) is 0 Å². The molecular weight excluding hydrogens is 344 g/mol. The van der Waals surface area contributed by atoms with Gasteiger partial charge in [0.15, 0.2) is 5.84 Å². The van der Waals surface area contributed by atoms with Gasteiger partial charge in [-0.1, -0.05) is 48.5 Å². The largest absolute Gasteiger partial charge is 0.338 e. The lowest BCUT2D eigenvalue weighted by Crippen LogP contribution is -2.19. The molecule has 0 atom stereocenters. The van der Waals surface area contributed by atoms with Crippen LogP contribution in [0.4, 0.5) is 11.4 Å². The van der Waals surface area contributed by atoms with Gasteiger partial charge in [0, 0.05) is 11.1 Å². The van der Waals surface area contributed by atoms with Gasteiger partial charge in [-0.3, -0.25) is 0 Å². The van der Waals surface area contributed by atoms with Crippen LogP contribution in [0, 0.1) is 6.92 Å². The molecule has 1 N–H and O–H groups in total. The number of hydrogen-bond acceptors (Lipinski definition) is 4. The summed E-state index contributed by atoms with van der Waals surface area (Å²) < 4.78 is 0. The molecule has 132 valence electrons. The highest BCUT2D eigenvalue weighted by Gasteiger charge is 2.19. The summed E-state index contributed by atoms with van der Waals surface area (Å²) in [5.74, 6) is 0.742. The predicted molar refractivity (Wildman–Crippen MR) is 116 cm³/mol. The molecule has 0 saturated carbocycles. The van der Waals surface area contributed by atoms with E-state index in [1.165, 1.54) is 10.8 Å². The first-order chi connectivity index (χ1) is 13.8. The van der Waals surface area contributed by atoms with Crippen molar-refractivity contribution < 1.29 is 0 Å². The molecule has 4 heteroatoms. The molecule has 0 spiro atoms. The molecular formula is C24H16N4. The molecule has 1 aliphatic rings. The van der Waals surface area contributed by atoms with Gasteiger partial charge in [-0.2, -0.15) is 0 Å². The number of amidine groups is 1. The zero-order chi connectivity index (χ0) is 18.7. The molecule has 1 aliphatic heterocycles. The van der Waals surface area contributed by atoms with Crippen LogP contribution in [0.3, 0.4) is 0 Å². The third-order valence-electron chi connectivity index (χ3n) is 5.30. The Morgan fingerprint density at radius 3 is 2.18 bits per heavy atom. The quantitative estimate of drug-likeness (QED) is 0.387. The Hall–Kier alpha value is -3.79. The van der Waals surface area contributed by atoms with E-state index < -0.39 is 0 Å². The molecule has 2 heterocycles. The SMILES string of the molecule is Cc1nc2cc3ccccc3cc2nc1C1=Nc2cccc3cccc(c23)N1. The monoisotopic (exact) mass is 360 g/mol. The van der Waals surface area contributed by atoms with Gasteiger partial charge in [0.25, 0.3) is 0 Å². The van der Waals surface area contributed by atoms with Crippen molar-refractivity contribution in [2.75, 3.05) is 5.32 Å². The number of fused-ring (bicyclic) bond motifs is 2. The molecule has 0 bridgehead atoms. The van der Waals surface area contributed by atoms with Crippen molar-refractivity contribution in [1.29, 1.82) is 0 Å². The number of aromatic nitrogens is 2. The summed E-state index contributed by atoms with van der Waals surface area (Å²) in [6, 6.07) is 24.9. The highest BCUT2D eigenvalue weighted by molar-refractivity contribution is 6.19. The highest BCUT2D eigenvalue weighted by atomic mass is 15.1. The van der Waals surface area contributed by atoms with Crippen LogP contribution < -0.4 is 5.32 Å². The van der Waals surface area contributed by atoms with E-state index in [-0.39, 0.29) is 0 Å². The van der Waals surface area contributed by atoms with E-state index in [1.807, 2.05) is 31.2 Å². The summed E-state index contributed by atoms with van der Waals surface area (Å²) >= 11 is 0. The molecule has 0 saturated heterocycles. The van der Waals surface area contributed by atoms with Gasteiger partial charge < -0.3 is 5.32 Å². The van der Waals surface area contributed by atoms with E-state index in [0.29, 0.717) is 0 Å². The van der Waals surface area contributed by atoms with Crippen LogP contribution in [0.25, 0.3) is 32.6 Å². The number of aliphatic imine (C=N–C) groups is 1. The van der Waals surface area contributed by atoms with Crippen molar-refractivity contribution in [2.45, 2.75) is 6.92 Å². The number of nitrogens with zero attached hydrogens (tertiary/aromatic N) is 3.